The summed E-state index contributed by atoms with van der Waals surface area (Å²) in [5.41, 5.74) is 8.99. The Hall–Kier alpha value is -3.59. The van der Waals surface area contributed by atoms with E-state index in [1.807, 2.05) is 60.2 Å². The van der Waals surface area contributed by atoms with Crippen LogP contribution in [-0.2, 0) is 4.79 Å². The first-order valence-corrected chi connectivity index (χ1v) is 10.3. The molecule has 8 nitrogen and oxygen atoms in total. The summed E-state index contributed by atoms with van der Waals surface area (Å²) in [6.07, 6.45) is 2.06. The van der Waals surface area contributed by atoms with Crippen molar-refractivity contribution in [3.8, 4) is 17.1 Å². The SMILES string of the molecule is Cc1cccc(-n2c(SCCC(=O)NC(N)=O)nnc2-c2c[nH]c3ccccc23)c1. The largest absolute Gasteiger partial charge is 0.360 e. The molecule has 9 heteroatoms. The molecule has 3 amide bonds. The lowest BCUT2D eigenvalue weighted by atomic mass is 10.1. The summed E-state index contributed by atoms with van der Waals surface area (Å²) < 4.78 is 1.99. The van der Waals surface area contributed by atoms with E-state index in [4.69, 9.17) is 5.73 Å². The molecule has 0 aliphatic carbocycles. The van der Waals surface area contributed by atoms with Crippen molar-refractivity contribution in [1.82, 2.24) is 25.1 Å². The van der Waals surface area contributed by atoms with E-state index >= 15 is 0 Å². The van der Waals surface area contributed by atoms with Crippen molar-refractivity contribution in [2.24, 2.45) is 5.73 Å². The highest BCUT2D eigenvalue weighted by Gasteiger charge is 2.19. The van der Waals surface area contributed by atoms with Crippen molar-refractivity contribution >= 4 is 34.6 Å². The summed E-state index contributed by atoms with van der Waals surface area (Å²) in [5, 5.41) is 12.6. The van der Waals surface area contributed by atoms with Crippen molar-refractivity contribution in [2.45, 2.75) is 18.5 Å². The molecule has 0 spiro atoms. The summed E-state index contributed by atoms with van der Waals surface area (Å²) >= 11 is 1.39. The zero-order valence-electron chi connectivity index (χ0n) is 16.3. The van der Waals surface area contributed by atoms with E-state index in [2.05, 4.69) is 26.6 Å². The third-order valence-electron chi connectivity index (χ3n) is 4.55. The molecular weight excluding hydrogens is 400 g/mol. The number of hydrogen-bond donors (Lipinski definition) is 3. The Balaban J connectivity index is 1.71. The van der Waals surface area contributed by atoms with Crippen LogP contribution in [0.15, 0.2) is 59.9 Å². The number of imide groups is 1. The van der Waals surface area contributed by atoms with Crippen LogP contribution in [0.3, 0.4) is 0 Å². The van der Waals surface area contributed by atoms with Crippen LogP contribution in [0.4, 0.5) is 4.79 Å². The monoisotopic (exact) mass is 420 g/mol. The molecule has 0 saturated heterocycles. The van der Waals surface area contributed by atoms with Crippen LogP contribution >= 0.6 is 11.8 Å². The molecule has 0 aliphatic heterocycles. The number of primary amides is 1. The summed E-state index contributed by atoms with van der Waals surface area (Å²) in [7, 11) is 0. The molecule has 0 saturated carbocycles. The molecule has 0 bridgehead atoms. The number of nitrogens with two attached hydrogens (primary N) is 1. The van der Waals surface area contributed by atoms with Crippen molar-refractivity contribution in [3.05, 3.63) is 60.3 Å². The number of thioether (sulfide) groups is 1. The van der Waals surface area contributed by atoms with Gasteiger partial charge in [0.15, 0.2) is 11.0 Å². The minimum absolute atomic E-state index is 0.136. The fraction of sp³-hybridized carbons (Fsp3) is 0.143. The number of carbonyl (C=O) groups excluding carboxylic acids is 2. The van der Waals surface area contributed by atoms with Gasteiger partial charge in [-0.1, -0.05) is 42.1 Å². The van der Waals surface area contributed by atoms with Crippen LogP contribution < -0.4 is 11.1 Å². The second kappa shape index (κ2) is 8.42. The van der Waals surface area contributed by atoms with Crippen molar-refractivity contribution in [2.75, 3.05) is 5.75 Å². The van der Waals surface area contributed by atoms with Gasteiger partial charge in [0.05, 0.1) is 0 Å². The Morgan fingerprint density at radius 2 is 2.00 bits per heavy atom. The Labute approximate surface area is 176 Å². The third-order valence-corrected chi connectivity index (χ3v) is 5.48. The maximum atomic E-state index is 11.7. The number of nitrogens with one attached hydrogen (secondary N) is 2. The van der Waals surface area contributed by atoms with Crippen LogP contribution in [0.25, 0.3) is 28.0 Å². The van der Waals surface area contributed by atoms with Crippen molar-refractivity contribution < 1.29 is 9.59 Å². The molecule has 0 unspecified atom stereocenters. The van der Waals surface area contributed by atoms with Crippen LogP contribution in [-0.4, -0.2) is 37.4 Å². The fourth-order valence-corrected chi connectivity index (χ4v) is 4.12. The molecule has 0 fully saturated rings. The smallest absolute Gasteiger partial charge is 0.318 e. The molecule has 4 rings (SSSR count). The standard InChI is InChI=1S/C21H20N6O2S/c1-13-5-4-6-14(11-13)27-19(16-12-23-17-8-3-2-7-15(16)17)25-26-21(27)30-10-9-18(28)24-20(22)29/h2-8,11-12,23H,9-10H2,1H3,(H3,22,24,28,29). The highest BCUT2D eigenvalue weighted by molar-refractivity contribution is 7.99. The van der Waals surface area contributed by atoms with E-state index in [0.29, 0.717) is 16.7 Å². The number of nitrogens with zero attached hydrogens (tertiary/aromatic N) is 3. The van der Waals surface area contributed by atoms with Gasteiger partial charge in [-0.3, -0.25) is 14.7 Å². The average Bonchev–Trinajstić information content (AvgIpc) is 3.31. The van der Waals surface area contributed by atoms with E-state index in [0.717, 1.165) is 27.7 Å². The maximum absolute atomic E-state index is 11.7. The maximum Gasteiger partial charge on any atom is 0.318 e. The normalized spacial score (nSPS) is 11.0. The van der Waals surface area contributed by atoms with Crippen LogP contribution in [0.1, 0.15) is 12.0 Å². The average molecular weight is 420 g/mol. The predicted molar refractivity (Wildman–Crippen MR) is 116 cm³/mol. The second-order valence-electron chi connectivity index (χ2n) is 6.74. The van der Waals surface area contributed by atoms with Gasteiger partial charge in [-0.2, -0.15) is 0 Å². The first kappa shape index (κ1) is 19.7. The summed E-state index contributed by atoms with van der Waals surface area (Å²) in [4.78, 5) is 25.8. The number of amides is 3. The highest BCUT2D eigenvalue weighted by Crippen LogP contribution is 2.32. The van der Waals surface area contributed by atoms with Crippen molar-refractivity contribution in [3.63, 3.8) is 0 Å². The number of H-pyrrole nitrogens is 1. The Bertz CT molecular complexity index is 1230. The number of benzene rings is 2. The molecule has 2 aromatic heterocycles. The first-order valence-electron chi connectivity index (χ1n) is 9.34. The zero-order valence-corrected chi connectivity index (χ0v) is 17.1. The number of rotatable bonds is 6. The number of aromatic nitrogens is 4. The fourth-order valence-electron chi connectivity index (χ4n) is 3.23. The molecule has 152 valence electrons. The van der Waals surface area contributed by atoms with E-state index < -0.39 is 11.9 Å². The molecule has 0 radical (unpaired) electrons. The number of urea groups is 1. The molecule has 0 atom stereocenters. The van der Waals surface area contributed by atoms with Gasteiger partial charge in [0.1, 0.15) is 0 Å². The topological polar surface area (TPSA) is 119 Å². The van der Waals surface area contributed by atoms with E-state index in [9.17, 15) is 9.59 Å². The van der Waals surface area contributed by atoms with Gasteiger partial charge in [-0.15, -0.1) is 10.2 Å². The van der Waals surface area contributed by atoms with Crippen molar-refractivity contribution in [1.29, 1.82) is 0 Å². The van der Waals surface area contributed by atoms with Gasteiger partial charge in [0, 0.05) is 40.5 Å². The highest BCUT2D eigenvalue weighted by atomic mass is 32.2. The number of para-hydroxylation sites is 1. The lowest BCUT2D eigenvalue weighted by Gasteiger charge is -2.11. The quantitative estimate of drug-likeness (QED) is 0.413. The van der Waals surface area contributed by atoms with E-state index in [1.54, 1.807) is 0 Å². The van der Waals surface area contributed by atoms with Crippen LogP contribution in [0.2, 0.25) is 0 Å². The Kier molecular flexibility index (Phi) is 5.53. The number of aryl methyl sites for hydroxylation is 1. The molecule has 30 heavy (non-hydrogen) atoms. The van der Waals surface area contributed by atoms with E-state index in [-0.39, 0.29) is 6.42 Å². The number of hydrogen-bond acceptors (Lipinski definition) is 5. The van der Waals surface area contributed by atoms with Gasteiger partial charge >= 0.3 is 6.03 Å². The van der Waals surface area contributed by atoms with Crippen LogP contribution in [0, 0.1) is 6.92 Å². The Morgan fingerprint density at radius 1 is 1.17 bits per heavy atom. The van der Waals surface area contributed by atoms with Crippen LogP contribution in [0.5, 0.6) is 0 Å². The van der Waals surface area contributed by atoms with Gasteiger partial charge in [0.2, 0.25) is 5.91 Å². The van der Waals surface area contributed by atoms with Gasteiger partial charge in [-0.25, -0.2) is 4.79 Å². The van der Waals surface area contributed by atoms with Gasteiger partial charge in [-0.05, 0) is 30.7 Å². The summed E-state index contributed by atoms with van der Waals surface area (Å²) in [5.74, 6) is 0.715. The van der Waals surface area contributed by atoms with E-state index in [1.165, 1.54) is 11.8 Å². The zero-order chi connectivity index (χ0) is 21.1. The molecule has 2 heterocycles. The number of aromatic amines is 1. The molecular formula is C21H20N6O2S. The predicted octanol–water partition coefficient (Wildman–Crippen LogP) is 3.40. The second-order valence-corrected chi connectivity index (χ2v) is 7.80. The van der Waals surface area contributed by atoms with Gasteiger partial charge in [0.25, 0.3) is 0 Å². The molecule has 4 N–H and O–H groups in total. The number of carbonyl (C=O) groups is 2. The summed E-state index contributed by atoms with van der Waals surface area (Å²) in [6, 6.07) is 15.2. The Morgan fingerprint density at radius 3 is 2.80 bits per heavy atom. The molecule has 2 aromatic carbocycles. The molecule has 4 aromatic rings. The summed E-state index contributed by atoms with van der Waals surface area (Å²) in [6.45, 7) is 2.03. The lowest BCUT2D eigenvalue weighted by molar-refractivity contribution is -0.119. The third kappa shape index (κ3) is 4.06. The molecule has 0 aliphatic rings. The first-order chi connectivity index (χ1) is 14.5. The number of fused-ring (bicyclic) bond motifs is 1. The van der Waals surface area contributed by atoms with Gasteiger partial charge < -0.3 is 10.7 Å². The minimum Gasteiger partial charge on any atom is -0.360 e. The lowest BCUT2D eigenvalue weighted by Crippen LogP contribution is -2.35. The minimum atomic E-state index is -0.852.